The van der Waals surface area contributed by atoms with E-state index in [1.54, 1.807) is 18.9 Å². The van der Waals surface area contributed by atoms with Gasteiger partial charge in [-0.15, -0.1) is 0 Å². The number of cyclic esters (lactones) is 1. The predicted molar refractivity (Wildman–Crippen MR) is 104 cm³/mol. The van der Waals surface area contributed by atoms with E-state index in [4.69, 9.17) is 9.47 Å². The molecule has 1 amide bonds. The van der Waals surface area contributed by atoms with Crippen molar-refractivity contribution >= 4 is 29.2 Å². The van der Waals surface area contributed by atoms with Crippen molar-refractivity contribution in [3.8, 4) is 0 Å². The van der Waals surface area contributed by atoms with Gasteiger partial charge in [0.05, 0.1) is 17.9 Å². The fourth-order valence-corrected chi connectivity index (χ4v) is 3.22. The van der Waals surface area contributed by atoms with E-state index in [0.29, 0.717) is 0 Å². The van der Waals surface area contributed by atoms with Crippen molar-refractivity contribution in [2.75, 3.05) is 43.2 Å². The number of benzene rings is 1. The second kappa shape index (κ2) is 9.21. The zero-order valence-electron chi connectivity index (χ0n) is 16.8. The van der Waals surface area contributed by atoms with Crippen LogP contribution in [0.5, 0.6) is 0 Å². The van der Waals surface area contributed by atoms with Crippen molar-refractivity contribution in [2.24, 2.45) is 0 Å². The van der Waals surface area contributed by atoms with Crippen LogP contribution in [0.2, 0.25) is 0 Å². The Bertz CT molecular complexity index is 876. The Hall–Kier alpha value is -3.01. The molecule has 2 heterocycles. The number of amides is 1. The number of ketones is 1. The standard InChI is InChI=1S/C20H23F2N3O5/c1-3-17(27)29-12-23(2)10-14-11-25(20(28)30-14)16-5-4-15(18(21)19(16)22)24-8-6-13(26)7-9-24/h4-6,8,14H,3,7,9-12H2,1-2H3/t14-/m0/s1. The van der Waals surface area contributed by atoms with Crippen LogP contribution in [-0.4, -0.2) is 62.3 Å². The van der Waals surface area contributed by atoms with Gasteiger partial charge < -0.3 is 14.4 Å². The third-order valence-electron chi connectivity index (χ3n) is 4.81. The van der Waals surface area contributed by atoms with Crippen LogP contribution in [0.15, 0.2) is 24.4 Å². The van der Waals surface area contributed by atoms with Crippen molar-refractivity contribution in [3.63, 3.8) is 0 Å². The number of halogens is 2. The maximum atomic E-state index is 14.7. The highest BCUT2D eigenvalue weighted by atomic mass is 19.2. The van der Waals surface area contributed by atoms with Gasteiger partial charge in [0.2, 0.25) is 0 Å². The first-order valence-electron chi connectivity index (χ1n) is 9.58. The first kappa shape index (κ1) is 21.7. The van der Waals surface area contributed by atoms with E-state index in [1.165, 1.54) is 29.3 Å². The Labute approximate surface area is 172 Å². The van der Waals surface area contributed by atoms with Gasteiger partial charge in [-0.1, -0.05) is 6.92 Å². The minimum absolute atomic E-state index is 0.0124. The van der Waals surface area contributed by atoms with E-state index < -0.39 is 23.8 Å². The molecule has 1 atom stereocenters. The summed E-state index contributed by atoms with van der Waals surface area (Å²) in [6.45, 7) is 2.24. The van der Waals surface area contributed by atoms with Gasteiger partial charge >= 0.3 is 12.1 Å². The van der Waals surface area contributed by atoms with E-state index in [0.717, 1.165) is 4.90 Å². The molecule has 10 heteroatoms. The normalized spacial score (nSPS) is 18.9. The van der Waals surface area contributed by atoms with Crippen LogP contribution in [0, 0.1) is 11.6 Å². The monoisotopic (exact) mass is 423 g/mol. The number of esters is 1. The number of carbonyl (C=O) groups excluding carboxylic acids is 3. The molecule has 3 rings (SSSR count). The minimum Gasteiger partial charge on any atom is -0.450 e. The summed E-state index contributed by atoms with van der Waals surface area (Å²) in [5.74, 6) is -2.70. The maximum Gasteiger partial charge on any atom is 0.414 e. The summed E-state index contributed by atoms with van der Waals surface area (Å²) >= 11 is 0. The molecule has 0 radical (unpaired) electrons. The van der Waals surface area contributed by atoms with E-state index in [9.17, 15) is 23.2 Å². The van der Waals surface area contributed by atoms with Crippen LogP contribution >= 0.6 is 0 Å². The molecule has 0 aliphatic carbocycles. The van der Waals surface area contributed by atoms with E-state index in [2.05, 4.69) is 0 Å². The smallest absolute Gasteiger partial charge is 0.414 e. The van der Waals surface area contributed by atoms with Crippen LogP contribution in [0.25, 0.3) is 0 Å². The molecule has 1 saturated heterocycles. The summed E-state index contributed by atoms with van der Waals surface area (Å²) in [5.41, 5.74) is -0.234. The number of carbonyl (C=O) groups is 3. The Morgan fingerprint density at radius 3 is 2.63 bits per heavy atom. The molecule has 30 heavy (non-hydrogen) atoms. The molecule has 2 aliphatic rings. The topological polar surface area (TPSA) is 79.4 Å². The first-order valence-corrected chi connectivity index (χ1v) is 9.58. The molecule has 162 valence electrons. The van der Waals surface area contributed by atoms with Gasteiger partial charge in [-0.2, -0.15) is 0 Å². The molecule has 0 unspecified atom stereocenters. The lowest BCUT2D eigenvalue weighted by Crippen LogP contribution is -2.34. The Morgan fingerprint density at radius 2 is 1.97 bits per heavy atom. The number of hydrogen-bond donors (Lipinski definition) is 0. The zero-order valence-corrected chi connectivity index (χ0v) is 16.8. The zero-order chi connectivity index (χ0) is 21.8. The van der Waals surface area contributed by atoms with Crippen LogP contribution in [0.1, 0.15) is 19.8 Å². The summed E-state index contributed by atoms with van der Waals surface area (Å²) in [4.78, 5) is 38.9. The average molecular weight is 423 g/mol. The van der Waals surface area contributed by atoms with E-state index in [1.807, 2.05) is 0 Å². The second-order valence-corrected chi connectivity index (χ2v) is 7.11. The van der Waals surface area contributed by atoms with Gasteiger partial charge in [0.1, 0.15) is 12.8 Å². The Kier molecular flexibility index (Phi) is 6.66. The highest BCUT2D eigenvalue weighted by Crippen LogP contribution is 2.32. The van der Waals surface area contributed by atoms with E-state index in [-0.39, 0.29) is 62.3 Å². The highest BCUT2D eigenvalue weighted by molar-refractivity contribution is 5.92. The molecule has 0 N–H and O–H groups in total. The predicted octanol–water partition coefficient (Wildman–Crippen LogP) is 2.43. The van der Waals surface area contributed by atoms with Crippen LogP contribution in [0.4, 0.5) is 25.0 Å². The third kappa shape index (κ3) is 4.76. The number of allylic oxidation sites excluding steroid dienone is 1. The summed E-state index contributed by atoms with van der Waals surface area (Å²) in [6.07, 6.45) is 1.80. The lowest BCUT2D eigenvalue weighted by molar-refractivity contribution is -0.148. The molecular weight excluding hydrogens is 400 g/mol. The molecule has 2 aliphatic heterocycles. The number of hydrogen-bond acceptors (Lipinski definition) is 7. The molecule has 1 fully saturated rings. The highest BCUT2D eigenvalue weighted by Gasteiger charge is 2.35. The van der Waals surface area contributed by atoms with Crippen molar-refractivity contribution in [3.05, 3.63) is 36.0 Å². The van der Waals surface area contributed by atoms with Crippen molar-refractivity contribution in [1.29, 1.82) is 0 Å². The number of nitrogens with zero attached hydrogens (tertiary/aromatic N) is 3. The minimum atomic E-state index is -1.17. The SMILES string of the molecule is CCC(=O)OCN(C)C[C@H]1CN(c2ccc(N3C=CC(=O)CC3)c(F)c2F)C(=O)O1. The maximum absolute atomic E-state index is 14.7. The Morgan fingerprint density at radius 1 is 1.27 bits per heavy atom. The van der Waals surface area contributed by atoms with Gasteiger partial charge in [0.25, 0.3) is 0 Å². The number of anilines is 2. The summed E-state index contributed by atoms with van der Waals surface area (Å²) in [7, 11) is 1.69. The molecule has 0 bridgehead atoms. The average Bonchev–Trinajstić information content (AvgIpc) is 3.08. The van der Waals surface area contributed by atoms with Gasteiger partial charge in [0, 0.05) is 32.1 Å². The Balaban J connectivity index is 1.68. The molecule has 0 spiro atoms. The molecule has 1 aromatic carbocycles. The lowest BCUT2D eigenvalue weighted by Gasteiger charge is -2.24. The molecule has 8 nitrogen and oxygen atoms in total. The van der Waals surface area contributed by atoms with Crippen LogP contribution in [-0.2, 0) is 19.1 Å². The van der Waals surface area contributed by atoms with Crippen molar-refractivity contribution < 1.29 is 32.6 Å². The fraction of sp³-hybridized carbons (Fsp3) is 0.450. The molecule has 1 aromatic rings. The number of rotatable bonds is 7. The number of ether oxygens (including phenoxy) is 2. The van der Waals surface area contributed by atoms with Gasteiger partial charge in [-0.05, 0) is 25.3 Å². The lowest BCUT2D eigenvalue weighted by atomic mass is 10.1. The van der Waals surface area contributed by atoms with Gasteiger partial charge in [-0.3, -0.25) is 19.4 Å². The summed E-state index contributed by atoms with van der Waals surface area (Å²) in [5, 5.41) is 0. The largest absolute Gasteiger partial charge is 0.450 e. The van der Waals surface area contributed by atoms with Crippen LogP contribution < -0.4 is 9.80 Å². The van der Waals surface area contributed by atoms with E-state index >= 15 is 0 Å². The molecule has 0 saturated carbocycles. The van der Waals surface area contributed by atoms with Crippen molar-refractivity contribution in [1.82, 2.24) is 4.90 Å². The second-order valence-electron chi connectivity index (χ2n) is 7.11. The van der Waals surface area contributed by atoms with Gasteiger partial charge in [0.15, 0.2) is 17.4 Å². The molecular formula is C20H23F2N3O5. The van der Waals surface area contributed by atoms with Gasteiger partial charge in [-0.25, -0.2) is 13.6 Å². The van der Waals surface area contributed by atoms with Crippen LogP contribution in [0.3, 0.4) is 0 Å². The summed E-state index contributed by atoms with van der Waals surface area (Å²) in [6, 6.07) is 2.68. The molecule has 0 aromatic heterocycles. The number of likely N-dealkylation sites (N-methyl/N-ethyl adjacent to an activating group) is 1. The fourth-order valence-electron chi connectivity index (χ4n) is 3.22. The quantitative estimate of drug-likeness (QED) is 0.492. The third-order valence-corrected chi connectivity index (χ3v) is 4.81. The van der Waals surface area contributed by atoms with Crippen molar-refractivity contribution in [2.45, 2.75) is 25.9 Å². The summed E-state index contributed by atoms with van der Waals surface area (Å²) < 4.78 is 39.7. The first-order chi connectivity index (χ1) is 14.3.